The summed E-state index contributed by atoms with van der Waals surface area (Å²) >= 11 is 1.67. The van der Waals surface area contributed by atoms with Crippen molar-refractivity contribution in [1.29, 1.82) is 0 Å². The summed E-state index contributed by atoms with van der Waals surface area (Å²) in [7, 11) is 2.17. The minimum atomic E-state index is 0.430. The lowest BCUT2D eigenvalue weighted by Crippen LogP contribution is -2.31. The largest absolute Gasteiger partial charge is 0.316 e. The summed E-state index contributed by atoms with van der Waals surface area (Å²) < 4.78 is 0. The summed E-state index contributed by atoms with van der Waals surface area (Å²) in [5.74, 6) is 2.24. The van der Waals surface area contributed by atoms with Crippen LogP contribution in [0.4, 0.5) is 10.9 Å². The fourth-order valence-electron chi connectivity index (χ4n) is 2.85. The number of aromatic nitrogens is 3. The Balaban J connectivity index is 1.83. The molecule has 3 heterocycles. The second-order valence-corrected chi connectivity index (χ2v) is 7.34. The minimum absolute atomic E-state index is 0.430. The molecule has 1 saturated heterocycles. The van der Waals surface area contributed by atoms with Gasteiger partial charge in [0, 0.05) is 29.1 Å². The molecule has 118 valence electrons. The van der Waals surface area contributed by atoms with Crippen molar-refractivity contribution in [2.24, 2.45) is 0 Å². The molecule has 1 aliphatic rings. The SMILES string of the molecule is Cc1cc(Nc2nc(C)c(C)s2)nc([C@@H]2CCCN(C)C2)n1. The summed E-state index contributed by atoms with van der Waals surface area (Å²) in [6, 6.07) is 1.99. The molecule has 0 amide bonds. The van der Waals surface area contributed by atoms with Crippen molar-refractivity contribution in [3.05, 3.63) is 28.2 Å². The molecule has 1 fully saturated rings. The van der Waals surface area contributed by atoms with Gasteiger partial charge in [-0.2, -0.15) is 0 Å². The Bertz CT molecular complexity index is 647. The van der Waals surface area contributed by atoms with Crippen LogP contribution in [0.5, 0.6) is 0 Å². The van der Waals surface area contributed by atoms with E-state index in [2.05, 4.69) is 34.2 Å². The fraction of sp³-hybridized carbons (Fsp3) is 0.562. The molecular formula is C16H23N5S. The van der Waals surface area contributed by atoms with Crippen molar-refractivity contribution >= 4 is 22.3 Å². The summed E-state index contributed by atoms with van der Waals surface area (Å²) in [4.78, 5) is 17.5. The van der Waals surface area contributed by atoms with E-state index in [0.717, 1.165) is 34.7 Å². The predicted octanol–water partition coefficient (Wildman–Crippen LogP) is 3.41. The molecule has 22 heavy (non-hydrogen) atoms. The highest BCUT2D eigenvalue weighted by molar-refractivity contribution is 7.15. The standard InChI is InChI=1S/C16H23N5S/c1-10-8-14(20-16-18-11(2)12(3)22-16)19-15(17-10)13-6-5-7-21(4)9-13/h8,13H,5-7,9H2,1-4H3,(H,17,18,19,20)/t13-/m1/s1. The van der Waals surface area contributed by atoms with Crippen LogP contribution in [0, 0.1) is 20.8 Å². The number of likely N-dealkylation sites (tertiary alicyclic amines) is 1. The molecule has 0 saturated carbocycles. The van der Waals surface area contributed by atoms with Crippen molar-refractivity contribution < 1.29 is 0 Å². The van der Waals surface area contributed by atoms with Gasteiger partial charge in [0.25, 0.3) is 0 Å². The maximum atomic E-state index is 4.74. The molecule has 0 bridgehead atoms. The van der Waals surface area contributed by atoms with E-state index >= 15 is 0 Å². The number of rotatable bonds is 3. The maximum Gasteiger partial charge on any atom is 0.188 e. The minimum Gasteiger partial charge on any atom is -0.316 e. The van der Waals surface area contributed by atoms with Crippen molar-refractivity contribution in [2.75, 3.05) is 25.5 Å². The number of nitrogens with zero attached hydrogens (tertiary/aromatic N) is 4. The highest BCUT2D eigenvalue weighted by atomic mass is 32.1. The number of aryl methyl sites for hydroxylation is 3. The third kappa shape index (κ3) is 3.44. The zero-order valence-corrected chi connectivity index (χ0v) is 14.5. The monoisotopic (exact) mass is 317 g/mol. The fourth-order valence-corrected chi connectivity index (χ4v) is 3.67. The molecule has 0 radical (unpaired) electrons. The van der Waals surface area contributed by atoms with Gasteiger partial charge in [-0.05, 0) is 47.2 Å². The molecule has 1 N–H and O–H groups in total. The van der Waals surface area contributed by atoms with Gasteiger partial charge in [-0.1, -0.05) is 0 Å². The van der Waals surface area contributed by atoms with Crippen LogP contribution in [0.2, 0.25) is 0 Å². The Morgan fingerprint density at radius 2 is 2.05 bits per heavy atom. The molecule has 3 rings (SSSR count). The quantitative estimate of drug-likeness (QED) is 0.940. The van der Waals surface area contributed by atoms with Gasteiger partial charge < -0.3 is 10.2 Å². The maximum absolute atomic E-state index is 4.74. The predicted molar refractivity (Wildman–Crippen MR) is 91.1 cm³/mol. The second kappa shape index (κ2) is 6.30. The molecule has 2 aromatic heterocycles. The first kappa shape index (κ1) is 15.4. The third-order valence-corrected chi connectivity index (χ3v) is 5.11. The normalized spacial score (nSPS) is 19.4. The summed E-state index contributed by atoms with van der Waals surface area (Å²) in [6.07, 6.45) is 2.38. The van der Waals surface area contributed by atoms with Crippen LogP contribution < -0.4 is 5.32 Å². The summed E-state index contributed by atoms with van der Waals surface area (Å²) in [6.45, 7) is 8.36. The number of anilines is 2. The van der Waals surface area contributed by atoms with E-state index in [0.29, 0.717) is 5.92 Å². The van der Waals surface area contributed by atoms with E-state index in [-0.39, 0.29) is 0 Å². The average molecular weight is 317 g/mol. The van der Waals surface area contributed by atoms with Crippen molar-refractivity contribution in [2.45, 2.75) is 39.5 Å². The van der Waals surface area contributed by atoms with Crippen LogP contribution in [0.1, 0.15) is 40.8 Å². The van der Waals surface area contributed by atoms with E-state index in [1.54, 1.807) is 11.3 Å². The number of hydrogen-bond acceptors (Lipinski definition) is 6. The lowest BCUT2D eigenvalue weighted by atomic mass is 9.97. The van der Waals surface area contributed by atoms with Crippen molar-refractivity contribution in [3.8, 4) is 0 Å². The summed E-state index contributed by atoms with van der Waals surface area (Å²) in [5, 5.41) is 4.24. The van der Waals surface area contributed by atoms with Gasteiger partial charge in [-0.3, -0.25) is 0 Å². The van der Waals surface area contributed by atoms with E-state index in [4.69, 9.17) is 4.98 Å². The lowest BCUT2D eigenvalue weighted by molar-refractivity contribution is 0.246. The Kier molecular flexibility index (Phi) is 4.40. The third-order valence-electron chi connectivity index (χ3n) is 4.12. The van der Waals surface area contributed by atoms with Gasteiger partial charge in [-0.25, -0.2) is 15.0 Å². The zero-order chi connectivity index (χ0) is 15.7. The van der Waals surface area contributed by atoms with Gasteiger partial charge in [0.05, 0.1) is 5.69 Å². The second-order valence-electron chi connectivity index (χ2n) is 6.14. The molecular weight excluding hydrogens is 294 g/mol. The molecule has 1 atom stereocenters. The van der Waals surface area contributed by atoms with Crippen LogP contribution >= 0.6 is 11.3 Å². The number of thiazole rings is 1. The number of likely N-dealkylation sites (N-methyl/N-ethyl adjacent to an activating group) is 1. The average Bonchev–Trinajstić information content (AvgIpc) is 2.76. The number of piperidine rings is 1. The Hall–Kier alpha value is -1.53. The summed E-state index contributed by atoms with van der Waals surface area (Å²) in [5.41, 5.74) is 2.08. The molecule has 0 aromatic carbocycles. The van der Waals surface area contributed by atoms with Gasteiger partial charge >= 0.3 is 0 Å². The molecule has 0 unspecified atom stereocenters. The molecule has 2 aromatic rings. The first-order valence-corrected chi connectivity index (χ1v) is 8.58. The topological polar surface area (TPSA) is 53.9 Å². The number of hydrogen-bond donors (Lipinski definition) is 1. The number of nitrogens with one attached hydrogen (secondary N) is 1. The smallest absolute Gasteiger partial charge is 0.188 e. The van der Waals surface area contributed by atoms with Gasteiger partial charge in [-0.15, -0.1) is 11.3 Å². The molecule has 0 aliphatic carbocycles. The van der Waals surface area contributed by atoms with E-state index in [1.165, 1.54) is 24.3 Å². The highest BCUT2D eigenvalue weighted by Crippen LogP contribution is 2.27. The van der Waals surface area contributed by atoms with Gasteiger partial charge in [0.2, 0.25) is 0 Å². The highest BCUT2D eigenvalue weighted by Gasteiger charge is 2.22. The van der Waals surface area contributed by atoms with E-state index in [1.807, 2.05) is 19.9 Å². The van der Waals surface area contributed by atoms with Gasteiger partial charge in [0.15, 0.2) is 5.13 Å². The van der Waals surface area contributed by atoms with Crippen LogP contribution in [0.15, 0.2) is 6.07 Å². The van der Waals surface area contributed by atoms with Crippen molar-refractivity contribution in [1.82, 2.24) is 19.9 Å². The lowest BCUT2D eigenvalue weighted by Gasteiger charge is -2.28. The van der Waals surface area contributed by atoms with Crippen molar-refractivity contribution in [3.63, 3.8) is 0 Å². The zero-order valence-electron chi connectivity index (χ0n) is 13.7. The molecule has 0 spiro atoms. The van der Waals surface area contributed by atoms with Crippen LogP contribution in [-0.2, 0) is 0 Å². The molecule has 5 nitrogen and oxygen atoms in total. The van der Waals surface area contributed by atoms with Crippen LogP contribution in [0.3, 0.4) is 0 Å². The van der Waals surface area contributed by atoms with Crippen LogP contribution in [0.25, 0.3) is 0 Å². The first-order valence-electron chi connectivity index (χ1n) is 7.76. The first-order chi connectivity index (χ1) is 10.5. The van der Waals surface area contributed by atoms with Crippen LogP contribution in [-0.4, -0.2) is 40.0 Å². The van der Waals surface area contributed by atoms with Gasteiger partial charge in [0.1, 0.15) is 11.6 Å². The molecule has 1 aliphatic heterocycles. The Morgan fingerprint density at radius 3 is 2.73 bits per heavy atom. The Morgan fingerprint density at radius 1 is 1.23 bits per heavy atom. The Labute approximate surface area is 135 Å². The van der Waals surface area contributed by atoms with E-state index < -0.39 is 0 Å². The molecule has 6 heteroatoms. The van der Waals surface area contributed by atoms with E-state index in [9.17, 15) is 0 Å².